The SMILES string of the molecule is Cc1cc(C(=O)NC(C)C)ccc1NC(=O)Cc1ccc(N)cc1.Cl. The zero-order valence-electron chi connectivity index (χ0n) is 14.6. The smallest absolute Gasteiger partial charge is 0.251 e. The van der Waals surface area contributed by atoms with Crippen molar-refractivity contribution in [2.75, 3.05) is 11.1 Å². The molecule has 0 unspecified atom stereocenters. The highest BCUT2D eigenvalue weighted by atomic mass is 35.5. The van der Waals surface area contributed by atoms with Crippen molar-refractivity contribution in [3.05, 3.63) is 59.2 Å². The first-order chi connectivity index (χ1) is 11.3. The van der Waals surface area contributed by atoms with Crippen molar-refractivity contribution in [2.24, 2.45) is 0 Å². The number of hydrogen-bond donors (Lipinski definition) is 3. The summed E-state index contributed by atoms with van der Waals surface area (Å²) < 4.78 is 0. The lowest BCUT2D eigenvalue weighted by atomic mass is 10.1. The molecule has 0 aromatic heterocycles. The number of nitrogens with one attached hydrogen (secondary N) is 2. The number of aryl methyl sites for hydroxylation is 1. The van der Waals surface area contributed by atoms with Crippen molar-refractivity contribution in [3.63, 3.8) is 0 Å². The average Bonchev–Trinajstić information content (AvgIpc) is 2.51. The van der Waals surface area contributed by atoms with E-state index in [2.05, 4.69) is 10.6 Å². The minimum absolute atomic E-state index is 0. The molecule has 2 rings (SSSR count). The van der Waals surface area contributed by atoms with E-state index < -0.39 is 0 Å². The number of nitrogens with two attached hydrogens (primary N) is 1. The van der Waals surface area contributed by atoms with Crippen LogP contribution in [0.1, 0.15) is 35.3 Å². The second-order valence-corrected chi connectivity index (χ2v) is 6.12. The summed E-state index contributed by atoms with van der Waals surface area (Å²) in [5, 5.41) is 5.73. The third-order valence-electron chi connectivity index (χ3n) is 3.53. The second kappa shape index (κ2) is 9.08. The van der Waals surface area contributed by atoms with Gasteiger partial charge in [0.25, 0.3) is 5.91 Å². The minimum Gasteiger partial charge on any atom is -0.399 e. The fourth-order valence-corrected chi connectivity index (χ4v) is 2.31. The van der Waals surface area contributed by atoms with Gasteiger partial charge in [-0.25, -0.2) is 0 Å². The van der Waals surface area contributed by atoms with E-state index in [1.165, 1.54) is 0 Å². The van der Waals surface area contributed by atoms with Crippen LogP contribution < -0.4 is 16.4 Å². The van der Waals surface area contributed by atoms with Gasteiger partial charge in [-0.3, -0.25) is 9.59 Å². The molecule has 0 saturated carbocycles. The van der Waals surface area contributed by atoms with Crippen molar-refractivity contribution in [3.8, 4) is 0 Å². The molecule has 0 heterocycles. The van der Waals surface area contributed by atoms with E-state index >= 15 is 0 Å². The number of nitrogen functional groups attached to an aromatic ring is 1. The van der Waals surface area contributed by atoms with Crippen LogP contribution in [0.2, 0.25) is 0 Å². The molecule has 0 aliphatic rings. The van der Waals surface area contributed by atoms with Gasteiger partial charge in [-0.2, -0.15) is 0 Å². The van der Waals surface area contributed by atoms with E-state index in [0.717, 1.165) is 11.1 Å². The topological polar surface area (TPSA) is 84.2 Å². The summed E-state index contributed by atoms with van der Waals surface area (Å²) in [6, 6.07) is 12.5. The molecule has 2 aromatic rings. The lowest BCUT2D eigenvalue weighted by molar-refractivity contribution is -0.115. The van der Waals surface area contributed by atoms with Crippen molar-refractivity contribution in [2.45, 2.75) is 33.2 Å². The van der Waals surface area contributed by atoms with Crippen LogP contribution in [0, 0.1) is 6.92 Å². The maximum Gasteiger partial charge on any atom is 0.251 e. The Hall–Kier alpha value is -2.53. The quantitative estimate of drug-likeness (QED) is 0.714. The molecular formula is C19H24ClN3O2. The first kappa shape index (κ1) is 20.5. The van der Waals surface area contributed by atoms with E-state index in [0.29, 0.717) is 16.9 Å². The molecule has 2 amide bonds. The van der Waals surface area contributed by atoms with Gasteiger partial charge in [-0.15, -0.1) is 12.4 Å². The van der Waals surface area contributed by atoms with Crippen LogP contribution in [-0.2, 0) is 11.2 Å². The summed E-state index contributed by atoms with van der Waals surface area (Å²) in [5.41, 5.74) is 9.33. The van der Waals surface area contributed by atoms with Crippen molar-refractivity contribution >= 4 is 35.6 Å². The Morgan fingerprint density at radius 2 is 1.72 bits per heavy atom. The highest BCUT2D eigenvalue weighted by Crippen LogP contribution is 2.17. The molecule has 4 N–H and O–H groups in total. The van der Waals surface area contributed by atoms with Crippen LogP contribution >= 0.6 is 12.4 Å². The van der Waals surface area contributed by atoms with Crippen LogP contribution in [0.5, 0.6) is 0 Å². The molecule has 0 aliphatic carbocycles. The fraction of sp³-hybridized carbons (Fsp3) is 0.263. The molecule has 2 aromatic carbocycles. The highest BCUT2D eigenvalue weighted by Gasteiger charge is 2.10. The largest absolute Gasteiger partial charge is 0.399 e. The van der Waals surface area contributed by atoms with Gasteiger partial charge in [0.2, 0.25) is 5.91 Å². The summed E-state index contributed by atoms with van der Waals surface area (Å²) in [4.78, 5) is 24.2. The molecule has 0 bridgehead atoms. The van der Waals surface area contributed by atoms with Crippen molar-refractivity contribution in [1.29, 1.82) is 0 Å². The Morgan fingerprint density at radius 1 is 1.08 bits per heavy atom. The third kappa shape index (κ3) is 6.12. The molecule has 0 spiro atoms. The van der Waals surface area contributed by atoms with Gasteiger partial charge >= 0.3 is 0 Å². The van der Waals surface area contributed by atoms with Crippen LogP contribution in [0.3, 0.4) is 0 Å². The lowest BCUT2D eigenvalue weighted by Crippen LogP contribution is -2.30. The number of carbonyl (C=O) groups excluding carboxylic acids is 2. The number of anilines is 2. The van der Waals surface area contributed by atoms with Crippen LogP contribution in [-0.4, -0.2) is 17.9 Å². The number of halogens is 1. The molecular weight excluding hydrogens is 338 g/mol. The number of carbonyl (C=O) groups is 2. The van der Waals surface area contributed by atoms with Gasteiger partial charge in [0, 0.05) is 23.0 Å². The van der Waals surface area contributed by atoms with Gasteiger partial charge in [0.15, 0.2) is 0 Å². The molecule has 0 radical (unpaired) electrons. The van der Waals surface area contributed by atoms with Gasteiger partial charge in [-0.05, 0) is 62.2 Å². The zero-order chi connectivity index (χ0) is 17.7. The molecule has 6 heteroatoms. The Kier molecular flexibility index (Phi) is 7.45. The lowest BCUT2D eigenvalue weighted by Gasteiger charge is -2.12. The van der Waals surface area contributed by atoms with E-state index in [4.69, 9.17) is 5.73 Å². The van der Waals surface area contributed by atoms with Gasteiger partial charge in [-0.1, -0.05) is 12.1 Å². The van der Waals surface area contributed by atoms with Gasteiger partial charge in [0.1, 0.15) is 0 Å². The number of amides is 2. The Balaban J connectivity index is 0.00000312. The monoisotopic (exact) mass is 361 g/mol. The molecule has 0 saturated heterocycles. The molecule has 0 fully saturated rings. The first-order valence-corrected chi connectivity index (χ1v) is 7.91. The number of benzene rings is 2. The maximum atomic E-state index is 12.2. The number of hydrogen-bond acceptors (Lipinski definition) is 3. The summed E-state index contributed by atoms with van der Waals surface area (Å²) in [7, 11) is 0. The normalized spacial score (nSPS) is 10.1. The van der Waals surface area contributed by atoms with E-state index in [1.807, 2.05) is 32.9 Å². The third-order valence-corrected chi connectivity index (χ3v) is 3.53. The average molecular weight is 362 g/mol. The Bertz CT molecular complexity index is 743. The first-order valence-electron chi connectivity index (χ1n) is 7.91. The summed E-state index contributed by atoms with van der Waals surface area (Å²) in [6.45, 7) is 5.69. The van der Waals surface area contributed by atoms with E-state index in [9.17, 15) is 9.59 Å². The molecule has 5 nitrogen and oxygen atoms in total. The molecule has 0 aliphatic heterocycles. The fourth-order valence-electron chi connectivity index (χ4n) is 2.31. The van der Waals surface area contributed by atoms with Crippen LogP contribution in [0.4, 0.5) is 11.4 Å². The van der Waals surface area contributed by atoms with E-state index in [1.54, 1.807) is 30.3 Å². The highest BCUT2D eigenvalue weighted by molar-refractivity contribution is 5.97. The summed E-state index contributed by atoms with van der Waals surface area (Å²) in [6.07, 6.45) is 0.273. The second-order valence-electron chi connectivity index (χ2n) is 6.12. The maximum absolute atomic E-state index is 12.2. The Labute approximate surface area is 154 Å². The molecule has 0 atom stereocenters. The molecule has 25 heavy (non-hydrogen) atoms. The standard InChI is InChI=1S/C19H23N3O2.ClH/c1-12(2)21-19(24)15-6-9-17(13(3)10-15)22-18(23)11-14-4-7-16(20)8-5-14;/h4-10,12H,11,20H2,1-3H3,(H,21,24)(H,22,23);1H. The predicted molar refractivity (Wildman–Crippen MR) is 104 cm³/mol. The molecule has 134 valence electrons. The predicted octanol–water partition coefficient (Wildman–Crippen LogP) is 3.32. The Morgan fingerprint density at radius 3 is 2.28 bits per heavy atom. The summed E-state index contributed by atoms with van der Waals surface area (Å²) >= 11 is 0. The van der Waals surface area contributed by atoms with Gasteiger partial charge < -0.3 is 16.4 Å². The number of rotatable bonds is 5. The van der Waals surface area contributed by atoms with Crippen molar-refractivity contribution in [1.82, 2.24) is 5.32 Å². The van der Waals surface area contributed by atoms with E-state index in [-0.39, 0.29) is 36.7 Å². The van der Waals surface area contributed by atoms with Gasteiger partial charge in [0.05, 0.1) is 6.42 Å². The van der Waals surface area contributed by atoms with Crippen molar-refractivity contribution < 1.29 is 9.59 Å². The minimum atomic E-state index is -0.118. The zero-order valence-corrected chi connectivity index (χ0v) is 15.4. The van der Waals surface area contributed by atoms with Crippen LogP contribution in [0.25, 0.3) is 0 Å². The summed E-state index contributed by atoms with van der Waals surface area (Å²) in [5.74, 6) is -0.227. The van der Waals surface area contributed by atoms with Crippen LogP contribution in [0.15, 0.2) is 42.5 Å².